The second-order valence-corrected chi connectivity index (χ2v) is 6.66. The quantitative estimate of drug-likeness (QED) is 0.398. The fourth-order valence-electron chi connectivity index (χ4n) is 3.24. The number of hydrazone groups is 1. The third-order valence-corrected chi connectivity index (χ3v) is 4.72. The monoisotopic (exact) mass is 383 g/mol. The molecule has 0 spiro atoms. The molecular weight excluding hydrogens is 362 g/mol. The van der Waals surface area contributed by atoms with Gasteiger partial charge in [0.05, 0.1) is 19.7 Å². The largest absolute Gasteiger partial charge is 0.497 e. The fraction of sp³-hybridized carbons (Fsp3) is 0.0833. The summed E-state index contributed by atoms with van der Waals surface area (Å²) < 4.78 is 7.17. The van der Waals surface area contributed by atoms with Crippen molar-refractivity contribution in [1.29, 1.82) is 0 Å². The van der Waals surface area contributed by atoms with Crippen molar-refractivity contribution in [3.8, 4) is 11.4 Å². The van der Waals surface area contributed by atoms with Crippen molar-refractivity contribution >= 4 is 22.9 Å². The Morgan fingerprint density at radius 3 is 2.66 bits per heavy atom. The maximum atomic E-state index is 12.3. The van der Waals surface area contributed by atoms with Gasteiger partial charge < -0.3 is 9.30 Å². The Balaban J connectivity index is 1.38. The standard InChI is InChI=1S/C24H21N3O2/c1-29-22-11-9-21(10-12-22)27-14-13-18(17-27)16-25-26-24(28)15-20-7-4-6-19-5-2-3-8-23(19)20/h2-14,16-17H,15H2,1H3,(H,26,28)/b25-16-. The first-order chi connectivity index (χ1) is 14.2. The first-order valence-electron chi connectivity index (χ1n) is 9.34. The minimum absolute atomic E-state index is 0.146. The summed E-state index contributed by atoms with van der Waals surface area (Å²) in [6, 6.07) is 23.8. The number of carbonyl (C=O) groups is 1. The number of hydrogen-bond acceptors (Lipinski definition) is 3. The second kappa shape index (κ2) is 8.44. The van der Waals surface area contributed by atoms with E-state index in [1.165, 1.54) is 0 Å². The predicted molar refractivity (Wildman–Crippen MR) is 116 cm³/mol. The summed E-state index contributed by atoms with van der Waals surface area (Å²) in [6.07, 6.45) is 5.82. The lowest BCUT2D eigenvalue weighted by molar-refractivity contribution is -0.120. The van der Waals surface area contributed by atoms with Crippen molar-refractivity contribution in [2.75, 3.05) is 7.11 Å². The molecule has 1 N–H and O–H groups in total. The molecule has 5 nitrogen and oxygen atoms in total. The molecule has 0 aliphatic heterocycles. The molecule has 0 fully saturated rings. The van der Waals surface area contributed by atoms with Crippen molar-refractivity contribution in [2.24, 2.45) is 5.10 Å². The summed E-state index contributed by atoms with van der Waals surface area (Å²) in [5, 5.41) is 6.31. The third kappa shape index (κ3) is 4.35. The molecule has 144 valence electrons. The molecule has 29 heavy (non-hydrogen) atoms. The molecule has 0 saturated heterocycles. The van der Waals surface area contributed by atoms with Crippen molar-refractivity contribution in [3.05, 3.63) is 96.3 Å². The van der Waals surface area contributed by atoms with E-state index < -0.39 is 0 Å². The van der Waals surface area contributed by atoms with Crippen LogP contribution in [0.5, 0.6) is 5.75 Å². The molecule has 1 amide bonds. The van der Waals surface area contributed by atoms with Crippen LogP contribution in [0.25, 0.3) is 16.5 Å². The van der Waals surface area contributed by atoms with Crippen LogP contribution in [0.4, 0.5) is 0 Å². The summed E-state index contributed by atoms with van der Waals surface area (Å²) in [5.41, 5.74) is 5.51. The molecule has 0 saturated carbocycles. The summed E-state index contributed by atoms with van der Waals surface area (Å²) in [4.78, 5) is 12.3. The number of ether oxygens (including phenoxy) is 1. The SMILES string of the molecule is COc1ccc(-n2ccc(/C=N\NC(=O)Cc3cccc4ccccc34)c2)cc1. The van der Waals surface area contributed by atoms with Crippen LogP contribution in [0.2, 0.25) is 0 Å². The number of carbonyl (C=O) groups excluding carboxylic acids is 1. The summed E-state index contributed by atoms with van der Waals surface area (Å²) in [7, 11) is 1.65. The van der Waals surface area contributed by atoms with E-state index in [0.29, 0.717) is 0 Å². The molecule has 0 atom stereocenters. The van der Waals surface area contributed by atoms with Gasteiger partial charge in [-0.3, -0.25) is 4.79 Å². The first kappa shape index (κ1) is 18.5. The van der Waals surface area contributed by atoms with E-state index in [0.717, 1.165) is 33.3 Å². The highest BCUT2D eigenvalue weighted by Gasteiger charge is 2.06. The number of rotatable bonds is 6. The Labute approximate surface area is 169 Å². The average molecular weight is 383 g/mol. The maximum absolute atomic E-state index is 12.3. The molecule has 0 radical (unpaired) electrons. The number of nitrogens with one attached hydrogen (secondary N) is 1. The minimum atomic E-state index is -0.146. The van der Waals surface area contributed by atoms with Gasteiger partial charge in [0.15, 0.2) is 0 Å². The highest BCUT2D eigenvalue weighted by Crippen LogP contribution is 2.19. The van der Waals surface area contributed by atoms with Crippen molar-refractivity contribution in [2.45, 2.75) is 6.42 Å². The van der Waals surface area contributed by atoms with Gasteiger partial charge in [-0.1, -0.05) is 42.5 Å². The van der Waals surface area contributed by atoms with Crippen molar-refractivity contribution in [1.82, 2.24) is 9.99 Å². The van der Waals surface area contributed by atoms with Gasteiger partial charge in [-0.25, -0.2) is 5.43 Å². The molecule has 1 heterocycles. The van der Waals surface area contributed by atoms with Gasteiger partial charge in [0.25, 0.3) is 0 Å². The van der Waals surface area contributed by atoms with E-state index in [1.54, 1.807) is 13.3 Å². The van der Waals surface area contributed by atoms with E-state index in [9.17, 15) is 4.79 Å². The zero-order valence-corrected chi connectivity index (χ0v) is 16.1. The van der Waals surface area contributed by atoms with Gasteiger partial charge in [-0.2, -0.15) is 5.10 Å². The van der Waals surface area contributed by atoms with Crippen LogP contribution in [-0.4, -0.2) is 23.8 Å². The van der Waals surface area contributed by atoms with Crippen molar-refractivity contribution < 1.29 is 9.53 Å². The minimum Gasteiger partial charge on any atom is -0.497 e. The Morgan fingerprint density at radius 1 is 1.03 bits per heavy atom. The van der Waals surface area contributed by atoms with Gasteiger partial charge in [0.1, 0.15) is 5.75 Å². The van der Waals surface area contributed by atoms with Crippen LogP contribution in [0.1, 0.15) is 11.1 Å². The molecular formula is C24H21N3O2. The number of benzene rings is 3. The van der Waals surface area contributed by atoms with Gasteiger partial charge >= 0.3 is 0 Å². The normalized spacial score (nSPS) is 11.1. The molecule has 0 bridgehead atoms. The summed E-state index contributed by atoms with van der Waals surface area (Å²) in [6.45, 7) is 0. The highest BCUT2D eigenvalue weighted by molar-refractivity contribution is 5.90. The lowest BCUT2D eigenvalue weighted by atomic mass is 10.0. The molecule has 3 aromatic carbocycles. The molecule has 4 rings (SSSR count). The van der Waals surface area contributed by atoms with Crippen LogP contribution >= 0.6 is 0 Å². The zero-order valence-electron chi connectivity index (χ0n) is 16.1. The predicted octanol–water partition coefficient (Wildman–Crippen LogP) is 4.33. The molecule has 1 aromatic heterocycles. The lowest BCUT2D eigenvalue weighted by Gasteiger charge is -2.05. The number of fused-ring (bicyclic) bond motifs is 1. The van der Waals surface area contributed by atoms with Gasteiger partial charge in [-0.15, -0.1) is 0 Å². The summed E-state index contributed by atoms with van der Waals surface area (Å²) in [5.74, 6) is 0.670. The van der Waals surface area contributed by atoms with Crippen LogP contribution in [0.15, 0.2) is 90.3 Å². The molecule has 0 aliphatic rings. The maximum Gasteiger partial charge on any atom is 0.244 e. The van der Waals surface area contributed by atoms with E-state index in [-0.39, 0.29) is 12.3 Å². The van der Waals surface area contributed by atoms with Gasteiger partial charge in [-0.05, 0) is 46.7 Å². The van der Waals surface area contributed by atoms with E-state index in [4.69, 9.17) is 4.74 Å². The number of methoxy groups -OCH3 is 1. The van der Waals surface area contributed by atoms with Crippen LogP contribution in [0.3, 0.4) is 0 Å². The highest BCUT2D eigenvalue weighted by atomic mass is 16.5. The van der Waals surface area contributed by atoms with Crippen LogP contribution < -0.4 is 10.2 Å². The van der Waals surface area contributed by atoms with E-state index >= 15 is 0 Å². The first-order valence-corrected chi connectivity index (χ1v) is 9.34. The zero-order chi connectivity index (χ0) is 20.1. The molecule has 0 aliphatic carbocycles. The number of aromatic nitrogens is 1. The smallest absolute Gasteiger partial charge is 0.244 e. The Bertz CT molecular complexity index is 1150. The van der Waals surface area contributed by atoms with Crippen LogP contribution in [-0.2, 0) is 11.2 Å². The van der Waals surface area contributed by atoms with Crippen molar-refractivity contribution in [3.63, 3.8) is 0 Å². The average Bonchev–Trinajstić information content (AvgIpc) is 3.23. The molecule has 4 aromatic rings. The fourth-order valence-corrected chi connectivity index (χ4v) is 3.24. The molecule has 0 unspecified atom stereocenters. The number of amides is 1. The number of hydrogen-bond donors (Lipinski definition) is 1. The third-order valence-electron chi connectivity index (χ3n) is 4.72. The summed E-state index contributed by atoms with van der Waals surface area (Å²) >= 11 is 0. The topological polar surface area (TPSA) is 55.6 Å². The van der Waals surface area contributed by atoms with E-state index in [1.807, 2.05) is 89.8 Å². The Morgan fingerprint density at radius 2 is 1.83 bits per heavy atom. The second-order valence-electron chi connectivity index (χ2n) is 6.66. The molecule has 5 heteroatoms. The van der Waals surface area contributed by atoms with Gasteiger partial charge in [0.2, 0.25) is 5.91 Å². The van der Waals surface area contributed by atoms with Gasteiger partial charge in [0, 0.05) is 23.6 Å². The Kier molecular flexibility index (Phi) is 5.38. The van der Waals surface area contributed by atoms with E-state index in [2.05, 4.69) is 10.5 Å². The van der Waals surface area contributed by atoms with Crippen LogP contribution in [0, 0.1) is 0 Å². The number of nitrogens with zero attached hydrogens (tertiary/aromatic N) is 2. The lowest BCUT2D eigenvalue weighted by Crippen LogP contribution is -2.19. The Hall–Kier alpha value is -3.86.